The zero-order valence-electron chi connectivity index (χ0n) is 10.2. The smallest absolute Gasteiger partial charge is 0.220 e. The van der Waals surface area contributed by atoms with Gasteiger partial charge in [-0.15, -0.1) is 0 Å². The average Bonchev–Trinajstić information content (AvgIpc) is 2.92. The molecule has 1 fully saturated rings. The van der Waals surface area contributed by atoms with E-state index in [4.69, 9.17) is 11.6 Å². The normalized spacial score (nSPS) is 26.2. The van der Waals surface area contributed by atoms with E-state index in [2.05, 4.69) is 22.8 Å². The van der Waals surface area contributed by atoms with E-state index in [9.17, 15) is 4.79 Å². The van der Waals surface area contributed by atoms with E-state index < -0.39 is 0 Å². The Morgan fingerprint density at radius 3 is 2.94 bits per heavy atom. The van der Waals surface area contributed by atoms with Crippen LogP contribution in [-0.4, -0.2) is 24.5 Å². The zero-order chi connectivity index (χ0) is 12.5. The van der Waals surface area contributed by atoms with E-state index in [1.54, 1.807) is 0 Å². The highest BCUT2D eigenvalue weighted by molar-refractivity contribution is 6.30. The highest BCUT2D eigenvalue weighted by atomic mass is 35.5. The molecule has 0 aromatic heterocycles. The number of amides is 1. The molecule has 0 saturated carbocycles. The van der Waals surface area contributed by atoms with Crippen LogP contribution in [0, 0.1) is 0 Å². The van der Waals surface area contributed by atoms with Crippen LogP contribution >= 0.6 is 11.6 Å². The Morgan fingerprint density at radius 2 is 2.17 bits per heavy atom. The van der Waals surface area contributed by atoms with Crippen molar-refractivity contribution < 1.29 is 4.79 Å². The largest absolute Gasteiger partial charge is 0.352 e. The summed E-state index contributed by atoms with van der Waals surface area (Å²) in [4.78, 5) is 11.1. The number of hydrogen-bond donors (Lipinski definition) is 2. The maximum Gasteiger partial charge on any atom is 0.220 e. The molecule has 2 unspecified atom stereocenters. The lowest BCUT2D eigenvalue weighted by molar-refractivity contribution is -0.119. The van der Waals surface area contributed by atoms with E-state index in [-0.39, 0.29) is 5.91 Å². The minimum atomic E-state index is 0.184. The van der Waals surface area contributed by atoms with Gasteiger partial charge in [0.2, 0.25) is 5.91 Å². The molecule has 4 heteroatoms. The molecule has 96 valence electrons. The first kappa shape index (κ1) is 12.0. The molecule has 0 bridgehead atoms. The summed E-state index contributed by atoms with van der Waals surface area (Å²) in [6.07, 6.45) is 3.73. The molecular formula is C14H17ClN2O. The Balaban J connectivity index is 1.53. The van der Waals surface area contributed by atoms with Crippen molar-refractivity contribution >= 4 is 17.5 Å². The summed E-state index contributed by atoms with van der Waals surface area (Å²) in [6.45, 7) is 0.873. The van der Waals surface area contributed by atoms with Gasteiger partial charge in [-0.05, 0) is 42.5 Å². The first-order valence-electron chi connectivity index (χ1n) is 6.51. The van der Waals surface area contributed by atoms with E-state index in [0.717, 1.165) is 30.8 Å². The third-order valence-corrected chi connectivity index (χ3v) is 4.07. The molecule has 1 amide bonds. The minimum Gasteiger partial charge on any atom is -0.352 e. The molecule has 1 saturated heterocycles. The molecule has 1 aliphatic heterocycles. The van der Waals surface area contributed by atoms with Crippen LogP contribution in [0.5, 0.6) is 0 Å². The summed E-state index contributed by atoms with van der Waals surface area (Å²) < 4.78 is 0. The van der Waals surface area contributed by atoms with Crippen molar-refractivity contribution in [2.24, 2.45) is 0 Å². The summed E-state index contributed by atoms with van der Waals surface area (Å²) in [5.41, 5.74) is 2.75. The molecule has 3 rings (SSSR count). The Morgan fingerprint density at radius 1 is 1.33 bits per heavy atom. The molecule has 1 aliphatic carbocycles. The van der Waals surface area contributed by atoms with Crippen LogP contribution in [0.4, 0.5) is 0 Å². The van der Waals surface area contributed by atoms with Crippen LogP contribution in [0.2, 0.25) is 5.02 Å². The van der Waals surface area contributed by atoms with Gasteiger partial charge in [-0.2, -0.15) is 0 Å². The first-order valence-corrected chi connectivity index (χ1v) is 6.88. The topological polar surface area (TPSA) is 41.1 Å². The Hall–Kier alpha value is -1.06. The van der Waals surface area contributed by atoms with E-state index in [0.29, 0.717) is 18.5 Å². The van der Waals surface area contributed by atoms with Gasteiger partial charge in [-0.3, -0.25) is 4.79 Å². The van der Waals surface area contributed by atoms with Gasteiger partial charge in [0.05, 0.1) is 0 Å². The molecule has 2 aliphatic rings. The van der Waals surface area contributed by atoms with Crippen molar-refractivity contribution in [2.75, 3.05) is 6.54 Å². The predicted molar refractivity (Wildman–Crippen MR) is 71.8 cm³/mol. The van der Waals surface area contributed by atoms with Crippen molar-refractivity contribution in [2.45, 2.75) is 37.8 Å². The van der Waals surface area contributed by atoms with Crippen molar-refractivity contribution in [3.8, 4) is 0 Å². The number of fused-ring (bicyclic) bond motifs is 1. The van der Waals surface area contributed by atoms with Crippen LogP contribution in [0.1, 0.15) is 24.0 Å². The van der Waals surface area contributed by atoms with Gasteiger partial charge in [-0.25, -0.2) is 0 Å². The monoisotopic (exact) mass is 264 g/mol. The molecule has 1 aromatic carbocycles. The quantitative estimate of drug-likeness (QED) is 0.872. The molecule has 0 spiro atoms. The number of carbonyl (C=O) groups excluding carboxylic acids is 1. The lowest BCUT2D eigenvalue weighted by atomic mass is 10.1. The summed E-state index contributed by atoms with van der Waals surface area (Å²) in [7, 11) is 0. The van der Waals surface area contributed by atoms with Crippen molar-refractivity contribution in [1.82, 2.24) is 10.6 Å². The van der Waals surface area contributed by atoms with Crippen molar-refractivity contribution in [3.05, 3.63) is 34.3 Å². The van der Waals surface area contributed by atoms with Gasteiger partial charge in [-0.1, -0.05) is 17.7 Å². The van der Waals surface area contributed by atoms with Gasteiger partial charge < -0.3 is 10.6 Å². The summed E-state index contributed by atoms with van der Waals surface area (Å²) in [5, 5.41) is 7.36. The number of rotatable bonds is 3. The fraction of sp³-hybridized carbons (Fsp3) is 0.500. The zero-order valence-corrected chi connectivity index (χ0v) is 11.0. The Labute approximate surface area is 112 Å². The van der Waals surface area contributed by atoms with Gasteiger partial charge in [0, 0.05) is 30.1 Å². The Bertz CT molecular complexity index is 475. The minimum absolute atomic E-state index is 0.184. The van der Waals surface area contributed by atoms with Gasteiger partial charge in [0.15, 0.2) is 0 Å². The van der Waals surface area contributed by atoms with E-state index in [1.165, 1.54) is 11.1 Å². The molecule has 1 heterocycles. The number of hydrogen-bond acceptors (Lipinski definition) is 2. The highest BCUT2D eigenvalue weighted by Gasteiger charge is 2.24. The molecule has 1 aromatic rings. The second-order valence-electron chi connectivity index (χ2n) is 5.23. The fourth-order valence-electron chi connectivity index (χ4n) is 2.87. The van der Waals surface area contributed by atoms with E-state index in [1.807, 2.05) is 6.07 Å². The van der Waals surface area contributed by atoms with Crippen molar-refractivity contribution in [1.29, 1.82) is 0 Å². The fourth-order valence-corrected chi connectivity index (χ4v) is 3.07. The van der Waals surface area contributed by atoms with Crippen LogP contribution in [0.3, 0.4) is 0 Å². The van der Waals surface area contributed by atoms with E-state index >= 15 is 0 Å². The maximum atomic E-state index is 11.1. The summed E-state index contributed by atoms with van der Waals surface area (Å²) >= 11 is 6.00. The van der Waals surface area contributed by atoms with Crippen LogP contribution in [0.25, 0.3) is 0 Å². The number of carbonyl (C=O) groups is 1. The van der Waals surface area contributed by atoms with Gasteiger partial charge in [0.25, 0.3) is 0 Å². The van der Waals surface area contributed by atoms with Crippen LogP contribution in [0.15, 0.2) is 18.2 Å². The standard InChI is InChI=1S/C14H17ClN2O/c15-11-2-1-9-6-13(7-10(9)5-11)16-8-12-3-4-14(18)17-12/h1-2,5,12-13,16H,3-4,6-8H2,(H,17,18). The molecule has 2 N–H and O–H groups in total. The third-order valence-electron chi connectivity index (χ3n) is 3.84. The van der Waals surface area contributed by atoms with Gasteiger partial charge >= 0.3 is 0 Å². The highest BCUT2D eigenvalue weighted by Crippen LogP contribution is 2.25. The first-order chi connectivity index (χ1) is 8.70. The summed E-state index contributed by atoms with van der Waals surface area (Å²) in [6, 6.07) is 6.94. The third kappa shape index (κ3) is 2.52. The molecule has 0 radical (unpaired) electrons. The maximum absolute atomic E-state index is 11.1. The lowest BCUT2D eigenvalue weighted by Gasteiger charge is -2.16. The number of halogens is 1. The lowest BCUT2D eigenvalue weighted by Crippen LogP contribution is -2.40. The Kier molecular flexibility index (Phi) is 3.27. The van der Waals surface area contributed by atoms with Gasteiger partial charge in [0.1, 0.15) is 0 Å². The van der Waals surface area contributed by atoms with Crippen LogP contribution in [-0.2, 0) is 17.6 Å². The van der Waals surface area contributed by atoms with Crippen LogP contribution < -0.4 is 10.6 Å². The van der Waals surface area contributed by atoms with Crippen molar-refractivity contribution in [3.63, 3.8) is 0 Å². The second-order valence-corrected chi connectivity index (χ2v) is 5.67. The molecular weight excluding hydrogens is 248 g/mol. The molecule has 3 nitrogen and oxygen atoms in total. The molecule has 2 atom stereocenters. The second kappa shape index (κ2) is 4.90. The summed E-state index contributed by atoms with van der Waals surface area (Å²) in [5.74, 6) is 0.184. The predicted octanol–water partition coefficient (Wildman–Crippen LogP) is 1.68. The number of nitrogens with one attached hydrogen (secondary N) is 2. The number of benzene rings is 1. The molecule has 18 heavy (non-hydrogen) atoms. The SMILES string of the molecule is O=C1CCC(CNC2Cc3ccc(Cl)cc3C2)N1. The average molecular weight is 265 g/mol.